The molecule has 0 amide bonds. The van der Waals surface area contributed by atoms with Gasteiger partial charge in [-0.05, 0) is 5.92 Å². The summed E-state index contributed by atoms with van der Waals surface area (Å²) in [6.07, 6.45) is -6.84. The second-order valence-corrected chi connectivity index (χ2v) is 6.01. The fraction of sp³-hybridized carbons (Fsp3) is 0.818. The van der Waals surface area contributed by atoms with E-state index in [0.717, 1.165) is 0 Å². The number of aldehydes is 1. The molecule has 0 fully saturated rings. The van der Waals surface area contributed by atoms with E-state index in [1.807, 2.05) is 0 Å². The van der Waals surface area contributed by atoms with Crippen LogP contribution in [-0.4, -0.2) is 94.6 Å². The number of nitrogens with two attached hydrogens (primary N) is 1. The molecule has 0 aliphatic heterocycles. The lowest BCUT2D eigenvalue weighted by molar-refractivity contribution is -0.139. The quantitative estimate of drug-likeness (QED) is 0.145. The molecule has 0 unspecified atom stereocenters. The number of aliphatic hydroxyl groups excluding tert-OH is 5. The number of carbonyl (C=O) groups is 2. The third kappa shape index (κ3) is 19.2. The Morgan fingerprint density at radius 2 is 1.44 bits per heavy atom. The molecule has 0 spiro atoms. The number of carboxylic acid groups (broad SMARTS) is 1. The van der Waals surface area contributed by atoms with Crippen molar-refractivity contribution in [1.29, 1.82) is 0 Å². The highest BCUT2D eigenvalue weighted by Crippen LogP contribution is 2.25. The van der Waals surface area contributed by atoms with Crippen molar-refractivity contribution in [3.8, 4) is 0 Å². The van der Waals surface area contributed by atoms with E-state index in [1.165, 1.54) is 0 Å². The molecule has 25 heavy (non-hydrogen) atoms. The Bertz CT molecular complexity index is 406. The molecule has 5 atom stereocenters. The van der Waals surface area contributed by atoms with Crippen LogP contribution in [0, 0.1) is 5.92 Å². The van der Waals surface area contributed by atoms with E-state index in [2.05, 4.69) is 0 Å². The van der Waals surface area contributed by atoms with Crippen molar-refractivity contribution in [1.82, 2.24) is 0 Å². The summed E-state index contributed by atoms with van der Waals surface area (Å²) in [7, 11) is -4.64. The molecule has 0 rings (SSSR count). The first-order valence-electron chi connectivity index (χ1n) is 6.65. The summed E-state index contributed by atoms with van der Waals surface area (Å²) in [6, 6.07) is -0.713. The van der Waals surface area contributed by atoms with Gasteiger partial charge >= 0.3 is 13.8 Å². The Hall–Kier alpha value is -0.990. The minimum atomic E-state index is -4.64. The zero-order valence-corrected chi connectivity index (χ0v) is 14.4. The number of carbonyl (C=O) groups excluding carboxylic acids is 1. The predicted molar refractivity (Wildman–Crippen MR) is 81.9 cm³/mol. The van der Waals surface area contributed by atoms with E-state index >= 15 is 0 Å². The van der Waals surface area contributed by atoms with Gasteiger partial charge in [0.1, 0.15) is 30.5 Å². The van der Waals surface area contributed by atoms with Gasteiger partial charge < -0.3 is 55.8 Å². The van der Waals surface area contributed by atoms with E-state index in [4.69, 9.17) is 55.6 Å². The summed E-state index contributed by atoms with van der Waals surface area (Å²) in [4.78, 5) is 41.5. The van der Waals surface area contributed by atoms with E-state index in [9.17, 15) is 9.59 Å². The van der Waals surface area contributed by atoms with Crippen LogP contribution in [-0.2, 0) is 14.2 Å². The second kappa shape index (κ2) is 14.2. The lowest BCUT2D eigenvalue weighted by Crippen LogP contribution is -2.46. The van der Waals surface area contributed by atoms with E-state index in [1.54, 1.807) is 13.8 Å². The molecule has 0 heterocycles. The molecule has 0 aromatic heterocycles. The van der Waals surface area contributed by atoms with Gasteiger partial charge in [-0.15, -0.1) is 0 Å². The maximum Gasteiger partial charge on any atom is 0.466 e. The number of carboxylic acids is 1. The van der Waals surface area contributed by atoms with Gasteiger partial charge in [0.05, 0.1) is 6.61 Å². The standard InChI is InChI=1S/C6H12O6.C5H11NO2.H3O4P/c7-1-3(9)5(11)6(12)4(10)2-8;1-3(2)4(6)5(7)8;1-5(2,3)4/h1,3-6,8-12H,2H2;3-4H,6H2,1-2H3,(H,7,8);(H3,1,2,3,4)/t3-,4+,5+,6+;4-;/m00./s1. The Morgan fingerprint density at radius 3 is 1.60 bits per heavy atom. The number of hydrogen-bond donors (Lipinski definition) is 10. The molecule has 11 N–H and O–H groups in total. The van der Waals surface area contributed by atoms with Crippen LogP contribution in [0.15, 0.2) is 0 Å². The first kappa shape index (κ1) is 28.8. The van der Waals surface area contributed by atoms with Crippen molar-refractivity contribution < 1.29 is 59.5 Å². The highest BCUT2D eigenvalue weighted by atomic mass is 31.2. The summed E-state index contributed by atoms with van der Waals surface area (Å²) in [6.45, 7) is 2.79. The molecule has 0 saturated carbocycles. The van der Waals surface area contributed by atoms with E-state index in [-0.39, 0.29) is 12.2 Å². The van der Waals surface area contributed by atoms with Crippen LogP contribution in [0.3, 0.4) is 0 Å². The van der Waals surface area contributed by atoms with Crippen molar-refractivity contribution in [3.05, 3.63) is 0 Å². The first-order chi connectivity index (χ1) is 11.1. The van der Waals surface area contributed by atoms with Crippen LogP contribution < -0.4 is 5.73 Å². The Kier molecular flexibility index (Phi) is 16.4. The molecule has 14 heteroatoms. The highest BCUT2D eigenvalue weighted by Gasteiger charge is 2.29. The van der Waals surface area contributed by atoms with Gasteiger partial charge in [0.15, 0.2) is 6.29 Å². The fourth-order valence-electron chi connectivity index (χ4n) is 0.903. The SMILES string of the molecule is CC(C)[C@H](N)C(=O)O.O=C[C@H](O)[C@@H](O)[C@H](O)[C@H](O)CO.O=P(O)(O)O. The molecule has 0 bridgehead atoms. The summed E-state index contributed by atoms with van der Waals surface area (Å²) in [5.74, 6) is -0.910. The molecule has 0 aromatic rings. The van der Waals surface area contributed by atoms with Crippen LogP contribution in [0.1, 0.15) is 13.8 Å². The maximum absolute atomic E-state index is 10.0. The molecule has 13 nitrogen and oxygen atoms in total. The Labute approximate surface area is 143 Å². The lowest BCUT2D eigenvalue weighted by atomic mass is 10.0. The van der Waals surface area contributed by atoms with E-state index in [0.29, 0.717) is 0 Å². The number of phosphoric acid groups is 1. The highest BCUT2D eigenvalue weighted by molar-refractivity contribution is 7.45. The van der Waals surface area contributed by atoms with Crippen LogP contribution in [0.4, 0.5) is 0 Å². The number of hydrogen-bond acceptors (Lipinski definition) is 9. The number of aliphatic carboxylic acids is 1. The minimum Gasteiger partial charge on any atom is -0.480 e. The van der Waals surface area contributed by atoms with Crippen molar-refractivity contribution >= 4 is 20.1 Å². The summed E-state index contributed by atoms with van der Waals surface area (Å²) in [5, 5.41) is 51.8. The van der Waals surface area contributed by atoms with Crippen molar-refractivity contribution in [2.45, 2.75) is 44.3 Å². The molecule has 0 aliphatic carbocycles. The zero-order valence-electron chi connectivity index (χ0n) is 13.5. The van der Waals surface area contributed by atoms with Crippen molar-refractivity contribution in [2.75, 3.05) is 6.61 Å². The summed E-state index contributed by atoms with van der Waals surface area (Å²) in [5.41, 5.74) is 5.16. The molecule has 0 aliphatic rings. The number of aliphatic hydroxyl groups is 5. The summed E-state index contributed by atoms with van der Waals surface area (Å²) < 4.78 is 8.88. The van der Waals surface area contributed by atoms with Gasteiger partial charge in [0.25, 0.3) is 0 Å². The first-order valence-corrected chi connectivity index (χ1v) is 8.21. The van der Waals surface area contributed by atoms with Gasteiger partial charge in [0, 0.05) is 0 Å². The van der Waals surface area contributed by atoms with Gasteiger partial charge in [-0.1, -0.05) is 13.8 Å². The molecule has 0 saturated heterocycles. The fourth-order valence-corrected chi connectivity index (χ4v) is 0.903. The Balaban J connectivity index is -0.000000321. The number of rotatable bonds is 7. The van der Waals surface area contributed by atoms with Gasteiger partial charge in [-0.25, -0.2) is 4.57 Å². The molecular formula is C11H26NO12P. The normalized spacial score (nSPS) is 17.0. The van der Waals surface area contributed by atoms with Gasteiger partial charge in [-0.3, -0.25) is 4.79 Å². The van der Waals surface area contributed by atoms with E-state index < -0.39 is 50.9 Å². The van der Waals surface area contributed by atoms with Crippen LogP contribution in [0.5, 0.6) is 0 Å². The van der Waals surface area contributed by atoms with Crippen LogP contribution in [0.2, 0.25) is 0 Å². The average Bonchev–Trinajstić information content (AvgIpc) is 2.49. The maximum atomic E-state index is 10.0. The molecule has 152 valence electrons. The minimum absolute atomic E-state index is 0.0208. The monoisotopic (exact) mass is 395 g/mol. The second-order valence-electron chi connectivity index (χ2n) is 4.98. The largest absolute Gasteiger partial charge is 0.480 e. The third-order valence-electron chi connectivity index (χ3n) is 2.42. The Morgan fingerprint density at radius 1 is 1.08 bits per heavy atom. The third-order valence-corrected chi connectivity index (χ3v) is 2.42. The topological polar surface area (TPSA) is 259 Å². The molecular weight excluding hydrogens is 369 g/mol. The zero-order chi connectivity index (χ0) is 21.0. The lowest BCUT2D eigenvalue weighted by Gasteiger charge is -2.22. The summed E-state index contributed by atoms with van der Waals surface area (Å²) >= 11 is 0. The van der Waals surface area contributed by atoms with Gasteiger partial charge in [-0.2, -0.15) is 0 Å². The predicted octanol–water partition coefficient (Wildman–Crippen LogP) is -4.25. The van der Waals surface area contributed by atoms with Crippen molar-refractivity contribution in [2.24, 2.45) is 11.7 Å². The van der Waals surface area contributed by atoms with Crippen LogP contribution in [0.25, 0.3) is 0 Å². The average molecular weight is 395 g/mol. The molecule has 0 radical (unpaired) electrons. The molecule has 0 aromatic carbocycles. The smallest absolute Gasteiger partial charge is 0.466 e. The van der Waals surface area contributed by atoms with Gasteiger partial charge in [0.2, 0.25) is 0 Å². The van der Waals surface area contributed by atoms with Crippen molar-refractivity contribution in [3.63, 3.8) is 0 Å². The van der Waals surface area contributed by atoms with Crippen LogP contribution >= 0.6 is 7.82 Å².